The van der Waals surface area contributed by atoms with Crippen molar-refractivity contribution in [3.8, 4) is 33.4 Å². The third-order valence-electron chi connectivity index (χ3n) is 21.2. The summed E-state index contributed by atoms with van der Waals surface area (Å²) < 4.78 is 634. The standard InChI is InChI=1S/3C37H40F4N4O2S/c2*1-4-43(5-2)18-19-44(22-26-6-10-28(11-7-26)29-12-14-30(15-13-29)37(39,40)41)34(46)23-45-33-21-25(3)20-32(33)35(47)42-36(45)48-24-27-8-16-31(38)17-9-27;1-4-43(5-2)19-20-44(22-26-9-13-28(14-10-26)29-15-18-32(25(3)21-29)37(39,40)41)34(46)23-45-33-8-6-7-31(33)35(47)42-36(45)48-24-27-11-16-30(38)17-12-27/h2*6-17,25H,4-5,18-24H2,1-3H3;9-18,21H,4-8,19-20,22-24H2,1-3H3/i4D2,5D2,6D,7D,8D,9D,10D,11D,12D,13D,14D,15D,16D,17D,20D2,21D2,24D2,25D;4D2,5D2,8D,9D,16D,17D,20D2,21D2,24D2,25D;4D2,5D2,9D,10D,11D,12D,13D,14D,15D,16D,17D,18D,21D,24D2. The van der Waals surface area contributed by atoms with Crippen molar-refractivity contribution in [1.29, 1.82) is 0 Å². The summed E-state index contributed by atoms with van der Waals surface area (Å²) in [6.45, 7) is -15.0. The molecule has 0 radical (unpaired) electrons. The Bertz CT molecular complexity index is 9570. The van der Waals surface area contributed by atoms with Crippen LogP contribution in [0.25, 0.3) is 33.4 Å². The van der Waals surface area contributed by atoms with Crippen LogP contribution in [0.5, 0.6) is 0 Å². The Morgan fingerprint density at radius 3 is 1.06 bits per heavy atom. The molecule has 0 aliphatic heterocycles. The highest BCUT2D eigenvalue weighted by Crippen LogP contribution is 2.39. The minimum Gasteiger partial charge on any atom is -0.336 e. The van der Waals surface area contributed by atoms with E-state index in [1.807, 2.05) is 0 Å². The summed E-state index contributed by atoms with van der Waals surface area (Å²) in [6, 6.07) is -21.6. The Hall–Kier alpha value is -11.9. The second-order valence-electron chi connectivity index (χ2n) is 30.7. The average Bonchev–Trinajstić information content (AvgIpc) is 1.52. The van der Waals surface area contributed by atoms with Crippen LogP contribution >= 0.6 is 35.3 Å². The van der Waals surface area contributed by atoms with Crippen molar-refractivity contribution in [3.63, 3.8) is 0 Å². The van der Waals surface area contributed by atoms with Gasteiger partial charge in [0, 0.05) is 148 Å². The van der Waals surface area contributed by atoms with Crippen molar-refractivity contribution in [3.05, 3.63) is 350 Å². The van der Waals surface area contributed by atoms with Gasteiger partial charge in [0.25, 0.3) is 16.7 Å². The van der Waals surface area contributed by atoms with E-state index in [1.165, 1.54) is 24.3 Å². The molecule has 3 aromatic heterocycles. The highest BCUT2D eigenvalue weighted by Gasteiger charge is 2.36. The number of halogens is 12. The second kappa shape index (κ2) is 50.3. The van der Waals surface area contributed by atoms with Crippen LogP contribution in [0.4, 0.5) is 52.7 Å². The summed E-state index contributed by atoms with van der Waals surface area (Å²) in [5, 5.41) is -2.38. The van der Waals surface area contributed by atoms with Crippen LogP contribution in [0.3, 0.4) is 0 Å². The van der Waals surface area contributed by atoms with Gasteiger partial charge in [0.1, 0.15) is 37.1 Å². The Morgan fingerprint density at radius 1 is 0.382 bits per heavy atom. The fraction of sp³-hybridized carbons (Fsp3) is 0.378. The quantitative estimate of drug-likeness (QED) is 0.0202. The van der Waals surface area contributed by atoms with Crippen LogP contribution in [0.2, 0.25) is 0 Å². The van der Waals surface area contributed by atoms with Crippen molar-refractivity contribution in [1.82, 2.24) is 58.1 Å². The molecule has 3 amide bonds. The topological polar surface area (TPSA) is 175 Å². The molecule has 9 aromatic carbocycles. The molecular formula is C111H120F12N12O6S3. The highest BCUT2D eigenvalue weighted by atomic mass is 32.2. The van der Waals surface area contributed by atoms with E-state index in [2.05, 4.69) is 15.0 Å². The van der Waals surface area contributed by atoms with Gasteiger partial charge in [-0.2, -0.15) is 54.5 Å². The fourth-order valence-corrected chi connectivity index (χ4v) is 16.1. The number of carbonyl (C=O) groups excluding carboxylic acids is 3. The van der Waals surface area contributed by atoms with Crippen LogP contribution in [0.15, 0.2) is 242 Å². The van der Waals surface area contributed by atoms with Gasteiger partial charge in [-0.15, -0.1) is 0 Å². The molecule has 0 bridgehead atoms. The third-order valence-corrected chi connectivity index (χ3v) is 23.6. The largest absolute Gasteiger partial charge is 0.416 e. The van der Waals surface area contributed by atoms with Crippen LogP contribution < -0.4 is 16.7 Å². The number of benzene rings is 9. The van der Waals surface area contributed by atoms with Crippen molar-refractivity contribution in [2.75, 3.05) is 78.2 Å². The van der Waals surface area contributed by atoms with E-state index < -0.39 is 509 Å². The third kappa shape index (κ3) is 29.5. The van der Waals surface area contributed by atoms with E-state index in [9.17, 15) is 81.5 Å². The van der Waals surface area contributed by atoms with E-state index in [1.54, 1.807) is 12.1 Å². The number of likely N-dealkylation sites (N-methyl/N-ethyl adjacent to an activating group) is 3. The van der Waals surface area contributed by atoms with E-state index >= 15 is 0 Å². The Kier molecular flexibility index (Phi) is 20.0. The summed E-state index contributed by atoms with van der Waals surface area (Å²) >= 11 is -0.221. The molecule has 2 atom stereocenters. The van der Waals surface area contributed by atoms with Crippen LogP contribution in [-0.4, -0.2) is 154 Å². The van der Waals surface area contributed by atoms with Crippen molar-refractivity contribution >= 4 is 53.0 Å². The molecule has 0 fully saturated rings. The number of aromatic nitrogens is 6. The number of thioether (sulfide) groups is 3. The molecule has 0 saturated carbocycles. The molecule has 33 heteroatoms. The van der Waals surface area contributed by atoms with Gasteiger partial charge in [0.2, 0.25) is 17.7 Å². The molecule has 3 aliphatic carbocycles. The maximum absolute atomic E-state index is 14.9. The Labute approximate surface area is 922 Å². The number of hydrogen-bond donors (Lipinski definition) is 0. The Morgan fingerprint density at radius 2 is 0.701 bits per heavy atom. The van der Waals surface area contributed by atoms with Crippen molar-refractivity contribution in [2.24, 2.45) is 11.8 Å². The summed E-state index contributed by atoms with van der Waals surface area (Å²) in [5.41, 5.74) is -28.9. The first kappa shape index (κ1) is 57.3. The minimum atomic E-state index is -5.40. The molecule has 0 spiro atoms. The predicted molar refractivity (Wildman–Crippen MR) is 544 cm³/mol. The Balaban J connectivity index is 0.000000240. The monoisotopic (exact) mass is 2100 g/mol. The van der Waals surface area contributed by atoms with Crippen molar-refractivity contribution in [2.45, 2.75) is 197 Å². The molecular weight excluding hydrogens is 1920 g/mol. The van der Waals surface area contributed by atoms with Gasteiger partial charge in [-0.1, -0.05) is 236 Å². The molecule has 3 heterocycles. The molecule has 15 rings (SSSR count). The van der Waals surface area contributed by atoms with Crippen LogP contribution in [0, 0.1) is 36.2 Å². The first-order valence-corrected chi connectivity index (χ1v) is 45.4. The van der Waals surface area contributed by atoms with E-state index in [0.29, 0.717) is 42.0 Å². The number of amides is 3. The maximum Gasteiger partial charge on any atom is 0.416 e. The number of carbonyl (C=O) groups is 3. The number of hydrogen-bond acceptors (Lipinski definition) is 15. The molecule has 3 aliphatic rings. The number of rotatable bonds is 39. The molecule has 762 valence electrons. The predicted octanol–water partition coefficient (Wildman–Crippen LogP) is 22.5. The second-order valence-corrected chi connectivity index (χ2v) is 33.0. The zero-order valence-electron chi connectivity index (χ0n) is 132. The summed E-state index contributed by atoms with van der Waals surface area (Å²) in [4.78, 5) is 101. The molecule has 12 aromatic rings. The molecule has 0 saturated heterocycles. The zero-order chi connectivity index (χ0) is 152. The van der Waals surface area contributed by atoms with Gasteiger partial charge in [-0.3, -0.25) is 28.8 Å². The first-order valence-electron chi connectivity index (χ1n) is 70.4. The molecule has 144 heavy (non-hydrogen) atoms. The van der Waals surface area contributed by atoms with Gasteiger partial charge in [0.15, 0.2) is 15.5 Å². The molecule has 2 unspecified atom stereocenters. The summed E-state index contributed by atoms with van der Waals surface area (Å²) in [6.07, 6.45) is -27.1. The lowest BCUT2D eigenvalue weighted by Gasteiger charge is -2.28. The van der Waals surface area contributed by atoms with E-state index in [4.69, 9.17) is 75.4 Å². The molecule has 0 N–H and O–H groups in total. The van der Waals surface area contributed by atoms with E-state index in [-0.39, 0.29) is 65.9 Å². The van der Waals surface area contributed by atoms with Gasteiger partial charge in [-0.25, -0.2) is 13.2 Å². The maximum atomic E-state index is 14.9. The number of fused-ring (bicyclic) bond motifs is 3. The van der Waals surface area contributed by atoms with Gasteiger partial charge >= 0.3 is 18.5 Å². The summed E-state index contributed by atoms with van der Waals surface area (Å²) in [5.74, 6) is -13.8. The first-order chi connectivity index (χ1) is 90.1. The highest BCUT2D eigenvalue weighted by molar-refractivity contribution is 7.98. The average molecular weight is 2100 g/mol. The van der Waals surface area contributed by atoms with Gasteiger partial charge < -0.3 is 43.1 Å². The van der Waals surface area contributed by atoms with Crippen LogP contribution in [0.1, 0.15) is 227 Å². The van der Waals surface area contributed by atoms with Crippen LogP contribution in [-0.2, 0) is 128 Å². The normalized spacial score (nSPS) is 22.7. The lowest BCUT2D eigenvalue weighted by Crippen LogP contribution is -2.40. The molecule has 18 nitrogen and oxygen atoms in total. The smallest absolute Gasteiger partial charge is 0.336 e. The van der Waals surface area contributed by atoms with Gasteiger partial charge in [0.05, 0.1) is 53.7 Å². The van der Waals surface area contributed by atoms with E-state index in [0.717, 1.165) is 98.6 Å². The van der Waals surface area contributed by atoms with Gasteiger partial charge in [-0.05, 0) is 241 Å². The summed E-state index contributed by atoms with van der Waals surface area (Å²) in [7, 11) is 0. The minimum absolute atomic E-state index is 0.0921. The SMILES string of the molecule is [2H]c1c([2H])c(C([2H])([2H])Sc2nc(=O)c3c(n2CC(=O)N(CCN(C([2H])([2H])C)C([2H])([2H])C)Cc2c([2H])c([2H])c(-c4c([2H])c([2H])c(C(F)(F)F)c(C)c4[2H])c([2H])c2[2H])CCC3)c([2H])c([2H])c1F.[2H]c1c([2H])c(C([2H])([2H])Sc2nc(=O)c3c(n2CC(=O)N(CCN(C([2H])([2H])C)C([2H])([2H])C)Cc2c([2H])c([2H])c(-c4c([2H])c([2H])c(C(F)(F)F)c([2H])c4[2H])c([2H])c2[2H])C([2H])([2H])C([2H])(C)C3([2H])[2H])c([2H])c([2H])c1F.[2H]c1c([2H])c(C([2H])([2H])Sc2nc(=O)c3c(n2CC(=O)N(CCN(C([2H])([2H])C)C([2H])([2H])C)Cc2ccc(-c4ccc(C(F)(F)F)cc4)cc2)C([2H])([2H])C([2H])(C)C3([2H])[2H])c([2H])c([2H])c1F. The fourth-order valence-electron chi connectivity index (χ4n) is 14.0. The van der Waals surface area contributed by atoms with Crippen molar-refractivity contribution < 1.29 is 142 Å². The zero-order valence-corrected chi connectivity index (χ0v) is 79.8. The lowest BCUT2D eigenvalue weighted by atomic mass is 9.98. The number of nitrogens with zero attached hydrogens (tertiary/aromatic N) is 12. The lowest BCUT2D eigenvalue weighted by molar-refractivity contribution is -0.138. The number of alkyl halides is 9.